The first-order valence-corrected chi connectivity index (χ1v) is 10.6. The lowest BCUT2D eigenvalue weighted by Gasteiger charge is -2.28. The normalized spacial score (nSPS) is 17.3. The van der Waals surface area contributed by atoms with Crippen molar-refractivity contribution in [3.8, 4) is 11.5 Å². The van der Waals surface area contributed by atoms with E-state index >= 15 is 0 Å². The molecule has 0 unspecified atom stereocenters. The van der Waals surface area contributed by atoms with Crippen LogP contribution < -0.4 is 14.8 Å². The van der Waals surface area contributed by atoms with Gasteiger partial charge in [0, 0.05) is 32.3 Å². The number of nitrogens with zero attached hydrogens (tertiary/aromatic N) is 4. The molecule has 1 N–H and O–H groups in total. The van der Waals surface area contributed by atoms with Gasteiger partial charge in [-0.15, -0.1) is 0 Å². The third kappa shape index (κ3) is 4.42. The molecule has 4 rings (SSSR count). The Bertz CT molecular complexity index is 1070. The average Bonchev–Trinajstić information content (AvgIpc) is 3.44. The molecule has 0 bridgehead atoms. The molecule has 32 heavy (non-hydrogen) atoms. The molecule has 2 aliphatic rings. The molecule has 9 heteroatoms. The second-order valence-corrected chi connectivity index (χ2v) is 9.16. The molecule has 2 aromatic rings. The molecule has 1 aromatic carbocycles. The molecule has 1 atom stereocenters. The van der Waals surface area contributed by atoms with E-state index in [0.717, 1.165) is 17.0 Å². The number of carbonyl (C=O) groups is 2. The third-order valence-electron chi connectivity index (χ3n) is 5.39. The minimum absolute atomic E-state index is 0.0904. The number of rotatable bonds is 4. The number of hydrazone groups is 1. The van der Waals surface area contributed by atoms with Crippen molar-refractivity contribution < 1.29 is 19.1 Å². The van der Waals surface area contributed by atoms with Gasteiger partial charge < -0.3 is 24.3 Å². The molecule has 0 saturated heterocycles. The zero-order chi connectivity index (χ0) is 23.0. The van der Waals surface area contributed by atoms with Crippen LogP contribution in [0.15, 0.2) is 41.6 Å². The molecule has 0 spiro atoms. The lowest BCUT2D eigenvalue weighted by molar-refractivity contribution is -0.133. The highest BCUT2D eigenvalue weighted by Gasteiger charge is 2.35. The summed E-state index contributed by atoms with van der Waals surface area (Å²) >= 11 is 0. The fourth-order valence-corrected chi connectivity index (χ4v) is 3.80. The van der Waals surface area contributed by atoms with Crippen LogP contribution >= 0.6 is 0 Å². The molecular formula is C23H29N5O4. The molecule has 170 valence electrons. The molecule has 0 aliphatic carbocycles. The maximum absolute atomic E-state index is 13.3. The number of aryl methyl sites for hydroxylation is 1. The highest BCUT2D eigenvalue weighted by molar-refractivity contribution is 6.02. The molecular weight excluding hydrogens is 410 g/mol. The zero-order valence-corrected chi connectivity index (χ0v) is 19.1. The number of amides is 3. The minimum Gasteiger partial charge on any atom is -0.454 e. The fourth-order valence-electron chi connectivity index (χ4n) is 3.80. The van der Waals surface area contributed by atoms with Crippen LogP contribution in [-0.4, -0.2) is 58.1 Å². The maximum atomic E-state index is 13.3. The Morgan fingerprint density at radius 1 is 1.22 bits per heavy atom. The highest BCUT2D eigenvalue weighted by Crippen LogP contribution is 2.39. The first-order chi connectivity index (χ1) is 15.1. The molecule has 3 heterocycles. The summed E-state index contributed by atoms with van der Waals surface area (Å²) in [4.78, 5) is 27.1. The summed E-state index contributed by atoms with van der Waals surface area (Å²) in [7, 11) is 3.55. The molecule has 0 fully saturated rings. The topological polar surface area (TPSA) is 88.4 Å². The molecule has 9 nitrogen and oxygen atoms in total. The van der Waals surface area contributed by atoms with Crippen molar-refractivity contribution >= 4 is 17.6 Å². The monoisotopic (exact) mass is 439 g/mol. The number of nitrogens with one attached hydrogen (secondary N) is 1. The number of benzene rings is 1. The highest BCUT2D eigenvalue weighted by atomic mass is 16.7. The average molecular weight is 440 g/mol. The molecule has 0 saturated carbocycles. The third-order valence-corrected chi connectivity index (χ3v) is 5.39. The van der Waals surface area contributed by atoms with Gasteiger partial charge in [-0.05, 0) is 50.6 Å². The predicted octanol–water partition coefficient (Wildman–Crippen LogP) is 2.87. The number of fused-ring (bicyclic) bond motifs is 1. The lowest BCUT2D eigenvalue weighted by atomic mass is 10.00. The first kappa shape index (κ1) is 21.7. The smallest absolute Gasteiger partial charge is 0.318 e. The van der Waals surface area contributed by atoms with Gasteiger partial charge >= 0.3 is 6.03 Å². The predicted molar refractivity (Wildman–Crippen MR) is 120 cm³/mol. The van der Waals surface area contributed by atoms with Crippen LogP contribution in [0.2, 0.25) is 0 Å². The van der Waals surface area contributed by atoms with Crippen LogP contribution in [0.4, 0.5) is 4.79 Å². The van der Waals surface area contributed by atoms with Crippen molar-refractivity contribution in [2.75, 3.05) is 20.4 Å². The van der Waals surface area contributed by atoms with Crippen molar-refractivity contribution in [2.24, 2.45) is 12.1 Å². The number of aromatic nitrogens is 1. The summed E-state index contributed by atoms with van der Waals surface area (Å²) in [5.41, 5.74) is 2.27. The van der Waals surface area contributed by atoms with Crippen LogP contribution in [0.1, 0.15) is 44.5 Å². The summed E-state index contributed by atoms with van der Waals surface area (Å²) in [5.74, 6) is 1.08. The van der Waals surface area contributed by atoms with Gasteiger partial charge in [0.1, 0.15) is 6.54 Å². The minimum atomic E-state index is -0.394. The maximum Gasteiger partial charge on any atom is 0.318 e. The second kappa shape index (κ2) is 8.22. The Morgan fingerprint density at radius 2 is 1.97 bits per heavy atom. The van der Waals surface area contributed by atoms with Crippen LogP contribution in [0.25, 0.3) is 0 Å². The second-order valence-electron chi connectivity index (χ2n) is 9.16. The van der Waals surface area contributed by atoms with E-state index in [9.17, 15) is 9.59 Å². The van der Waals surface area contributed by atoms with E-state index in [1.807, 2.05) is 68.9 Å². The summed E-state index contributed by atoms with van der Waals surface area (Å²) in [6, 6.07) is 8.99. The number of hydrogen-bond acceptors (Lipinski definition) is 5. The number of ether oxygens (including phenoxy) is 2. The summed E-state index contributed by atoms with van der Waals surface area (Å²) in [5, 5.41) is 9.04. The summed E-state index contributed by atoms with van der Waals surface area (Å²) in [6.07, 6.45) is 2.50. The van der Waals surface area contributed by atoms with Crippen molar-refractivity contribution in [3.63, 3.8) is 0 Å². The lowest BCUT2D eigenvalue weighted by Crippen LogP contribution is -2.49. The quantitative estimate of drug-likeness (QED) is 0.794. The Kier molecular flexibility index (Phi) is 5.58. The first-order valence-electron chi connectivity index (χ1n) is 10.6. The Balaban J connectivity index is 1.59. The molecule has 1 aromatic heterocycles. The van der Waals surface area contributed by atoms with Gasteiger partial charge in [-0.25, -0.2) is 9.80 Å². The summed E-state index contributed by atoms with van der Waals surface area (Å²) < 4.78 is 12.9. The standard InChI is InChI=1S/C23H29N5O4/c1-23(2,3)24-22(30)27(5)13-21(29)28-18(12-16(25-28)17-7-6-10-26(17)4)15-8-9-19-20(11-15)32-14-31-19/h6-11,18H,12-14H2,1-5H3,(H,24,30)/t18-/m0/s1. The van der Waals surface area contributed by atoms with Gasteiger partial charge in [0.2, 0.25) is 6.79 Å². The van der Waals surface area contributed by atoms with Crippen molar-refractivity contribution in [1.82, 2.24) is 19.8 Å². The van der Waals surface area contributed by atoms with E-state index in [4.69, 9.17) is 9.47 Å². The number of carbonyl (C=O) groups excluding carboxylic acids is 2. The Labute approximate surface area is 187 Å². The Hall–Kier alpha value is -3.49. The van der Waals surface area contributed by atoms with E-state index in [0.29, 0.717) is 17.9 Å². The van der Waals surface area contributed by atoms with Gasteiger partial charge in [0.25, 0.3) is 5.91 Å². The van der Waals surface area contributed by atoms with Crippen LogP contribution in [0.5, 0.6) is 11.5 Å². The number of hydrogen-bond donors (Lipinski definition) is 1. The zero-order valence-electron chi connectivity index (χ0n) is 19.1. The summed E-state index contributed by atoms with van der Waals surface area (Å²) in [6.45, 7) is 5.78. The van der Waals surface area contributed by atoms with E-state index in [1.54, 1.807) is 7.05 Å². The van der Waals surface area contributed by atoms with E-state index < -0.39 is 5.54 Å². The van der Waals surface area contributed by atoms with E-state index in [2.05, 4.69) is 10.4 Å². The van der Waals surface area contributed by atoms with Gasteiger partial charge in [-0.2, -0.15) is 5.10 Å². The van der Waals surface area contributed by atoms with E-state index in [-0.39, 0.29) is 31.3 Å². The fraction of sp³-hybridized carbons (Fsp3) is 0.435. The van der Waals surface area contributed by atoms with Gasteiger partial charge in [-0.1, -0.05) is 6.07 Å². The largest absolute Gasteiger partial charge is 0.454 e. The number of urea groups is 1. The Morgan fingerprint density at radius 3 is 2.66 bits per heavy atom. The van der Waals surface area contributed by atoms with Gasteiger partial charge in [0.15, 0.2) is 11.5 Å². The molecule has 2 aliphatic heterocycles. The molecule has 3 amide bonds. The van der Waals surface area contributed by atoms with Gasteiger partial charge in [0.05, 0.1) is 17.4 Å². The van der Waals surface area contributed by atoms with Gasteiger partial charge in [-0.3, -0.25) is 4.79 Å². The van der Waals surface area contributed by atoms with Crippen molar-refractivity contribution in [2.45, 2.75) is 38.8 Å². The van der Waals surface area contributed by atoms with E-state index in [1.165, 1.54) is 9.91 Å². The van der Waals surface area contributed by atoms with Crippen molar-refractivity contribution in [3.05, 3.63) is 47.8 Å². The number of likely N-dealkylation sites (N-methyl/N-ethyl adjacent to an activating group) is 1. The van der Waals surface area contributed by atoms with Crippen LogP contribution in [0.3, 0.4) is 0 Å². The van der Waals surface area contributed by atoms with Crippen LogP contribution in [0, 0.1) is 0 Å². The van der Waals surface area contributed by atoms with Crippen molar-refractivity contribution in [1.29, 1.82) is 0 Å². The molecule has 0 radical (unpaired) electrons. The SMILES string of the molecule is CN(CC(=O)N1N=C(c2cccn2C)C[C@H]1c1ccc2c(c1)OCO2)C(=O)NC(C)(C)C. The van der Waals surface area contributed by atoms with Crippen LogP contribution in [-0.2, 0) is 11.8 Å².